The molecule has 0 aliphatic rings. The van der Waals surface area contributed by atoms with E-state index < -0.39 is 0 Å². The van der Waals surface area contributed by atoms with Gasteiger partial charge in [-0.2, -0.15) is 5.10 Å². The van der Waals surface area contributed by atoms with Gasteiger partial charge in [0.05, 0.1) is 15.7 Å². The molecule has 3 aromatic rings. The fraction of sp³-hybridized carbons (Fsp3) is 0.0625. The molecule has 1 aromatic heterocycles. The maximum atomic E-state index is 6.19. The molecular formula is C16H13Cl2N3. The quantitative estimate of drug-likeness (QED) is 0.711. The van der Waals surface area contributed by atoms with E-state index in [4.69, 9.17) is 23.2 Å². The molecule has 0 atom stereocenters. The molecule has 0 amide bonds. The minimum atomic E-state index is 0.571. The fourth-order valence-electron chi connectivity index (χ4n) is 2.10. The molecule has 21 heavy (non-hydrogen) atoms. The van der Waals surface area contributed by atoms with Gasteiger partial charge in [-0.05, 0) is 29.8 Å². The molecular weight excluding hydrogens is 305 g/mol. The SMILES string of the molecule is Clc1cccc(CNc2cccc(-c3ccn[nH]3)c2)c1Cl. The Morgan fingerprint density at radius 2 is 1.90 bits per heavy atom. The van der Waals surface area contributed by atoms with E-state index in [-0.39, 0.29) is 0 Å². The third-order valence-electron chi connectivity index (χ3n) is 3.19. The number of nitrogens with zero attached hydrogens (tertiary/aromatic N) is 1. The maximum absolute atomic E-state index is 6.19. The number of H-pyrrole nitrogens is 1. The zero-order chi connectivity index (χ0) is 14.7. The van der Waals surface area contributed by atoms with E-state index in [0.29, 0.717) is 16.6 Å². The standard InChI is InChI=1S/C16H13Cl2N3/c17-14-6-2-4-12(16(14)18)10-19-13-5-1-3-11(9-13)15-7-8-20-21-15/h1-9,19H,10H2,(H,20,21). The second-order valence-corrected chi connectivity index (χ2v) is 5.40. The van der Waals surface area contributed by atoms with E-state index >= 15 is 0 Å². The topological polar surface area (TPSA) is 40.7 Å². The number of halogens is 2. The zero-order valence-electron chi connectivity index (χ0n) is 11.1. The Morgan fingerprint density at radius 3 is 2.71 bits per heavy atom. The van der Waals surface area contributed by atoms with Gasteiger partial charge in [-0.15, -0.1) is 0 Å². The molecule has 3 rings (SSSR count). The minimum Gasteiger partial charge on any atom is -0.381 e. The summed E-state index contributed by atoms with van der Waals surface area (Å²) in [5.41, 5.74) is 4.04. The lowest BCUT2D eigenvalue weighted by atomic mass is 10.1. The lowest BCUT2D eigenvalue weighted by Crippen LogP contribution is -2.00. The normalized spacial score (nSPS) is 10.6. The first-order valence-electron chi connectivity index (χ1n) is 6.50. The van der Waals surface area contributed by atoms with Crippen molar-refractivity contribution in [3.05, 3.63) is 70.3 Å². The second kappa shape index (κ2) is 6.20. The molecule has 2 N–H and O–H groups in total. The number of hydrogen-bond donors (Lipinski definition) is 2. The van der Waals surface area contributed by atoms with Crippen molar-refractivity contribution in [1.82, 2.24) is 10.2 Å². The molecule has 2 aromatic carbocycles. The molecule has 0 saturated carbocycles. The van der Waals surface area contributed by atoms with E-state index in [1.807, 2.05) is 36.4 Å². The summed E-state index contributed by atoms with van der Waals surface area (Å²) in [4.78, 5) is 0. The van der Waals surface area contributed by atoms with Crippen molar-refractivity contribution in [3.8, 4) is 11.3 Å². The third kappa shape index (κ3) is 3.20. The summed E-state index contributed by atoms with van der Waals surface area (Å²) in [5, 5.41) is 11.4. The summed E-state index contributed by atoms with van der Waals surface area (Å²) in [6.45, 7) is 0.617. The smallest absolute Gasteiger partial charge is 0.0650 e. The van der Waals surface area contributed by atoms with Crippen LogP contribution in [0.1, 0.15) is 5.56 Å². The average Bonchev–Trinajstić information content (AvgIpc) is 3.03. The van der Waals surface area contributed by atoms with Gasteiger partial charge in [0, 0.05) is 24.0 Å². The van der Waals surface area contributed by atoms with Crippen LogP contribution in [0.25, 0.3) is 11.3 Å². The van der Waals surface area contributed by atoms with Crippen LogP contribution in [-0.2, 0) is 6.54 Å². The number of benzene rings is 2. The summed E-state index contributed by atoms with van der Waals surface area (Å²) in [5.74, 6) is 0. The van der Waals surface area contributed by atoms with Crippen molar-refractivity contribution < 1.29 is 0 Å². The number of aromatic nitrogens is 2. The highest BCUT2D eigenvalue weighted by molar-refractivity contribution is 6.42. The van der Waals surface area contributed by atoms with E-state index in [1.54, 1.807) is 12.3 Å². The Labute approximate surface area is 132 Å². The molecule has 0 aliphatic heterocycles. The number of anilines is 1. The first-order chi connectivity index (χ1) is 10.2. The Bertz CT molecular complexity index is 739. The number of aromatic amines is 1. The predicted octanol–water partition coefficient (Wildman–Crippen LogP) is 5.00. The Hall–Kier alpha value is -1.97. The van der Waals surface area contributed by atoms with E-state index in [9.17, 15) is 0 Å². The molecule has 0 spiro atoms. The van der Waals surface area contributed by atoms with Gasteiger partial charge in [0.1, 0.15) is 0 Å². The van der Waals surface area contributed by atoms with Crippen LogP contribution < -0.4 is 5.32 Å². The fourth-order valence-corrected chi connectivity index (χ4v) is 2.48. The molecule has 0 aliphatic carbocycles. The summed E-state index contributed by atoms with van der Waals surface area (Å²) in [6.07, 6.45) is 1.74. The Balaban J connectivity index is 1.77. The molecule has 1 heterocycles. The third-order valence-corrected chi connectivity index (χ3v) is 4.05. The van der Waals surface area contributed by atoms with Crippen molar-refractivity contribution in [2.24, 2.45) is 0 Å². The van der Waals surface area contributed by atoms with Crippen LogP contribution >= 0.6 is 23.2 Å². The van der Waals surface area contributed by atoms with Crippen LogP contribution in [0.2, 0.25) is 10.0 Å². The van der Waals surface area contributed by atoms with Crippen molar-refractivity contribution in [3.63, 3.8) is 0 Å². The summed E-state index contributed by atoms with van der Waals surface area (Å²) >= 11 is 12.2. The lowest BCUT2D eigenvalue weighted by Gasteiger charge is -2.10. The predicted molar refractivity (Wildman–Crippen MR) is 87.8 cm³/mol. The largest absolute Gasteiger partial charge is 0.381 e. The molecule has 3 nitrogen and oxygen atoms in total. The van der Waals surface area contributed by atoms with Gasteiger partial charge in [0.15, 0.2) is 0 Å². The van der Waals surface area contributed by atoms with Crippen LogP contribution in [0.4, 0.5) is 5.69 Å². The highest BCUT2D eigenvalue weighted by atomic mass is 35.5. The van der Waals surface area contributed by atoms with Crippen molar-refractivity contribution in [2.45, 2.75) is 6.54 Å². The van der Waals surface area contributed by atoms with Crippen molar-refractivity contribution in [2.75, 3.05) is 5.32 Å². The zero-order valence-corrected chi connectivity index (χ0v) is 12.6. The van der Waals surface area contributed by atoms with E-state index in [1.165, 1.54) is 0 Å². The second-order valence-electron chi connectivity index (χ2n) is 4.62. The number of rotatable bonds is 4. The summed E-state index contributed by atoms with van der Waals surface area (Å²) in [7, 11) is 0. The minimum absolute atomic E-state index is 0.571. The van der Waals surface area contributed by atoms with Crippen LogP contribution in [-0.4, -0.2) is 10.2 Å². The number of hydrogen-bond acceptors (Lipinski definition) is 2. The van der Waals surface area contributed by atoms with Crippen molar-refractivity contribution in [1.29, 1.82) is 0 Å². The molecule has 0 saturated heterocycles. The van der Waals surface area contributed by atoms with Gasteiger partial charge in [-0.1, -0.05) is 47.5 Å². The van der Waals surface area contributed by atoms with Gasteiger partial charge in [0.25, 0.3) is 0 Å². The summed E-state index contributed by atoms with van der Waals surface area (Å²) in [6, 6.07) is 15.7. The van der Waals surface area contributed by atoms with Crippen LogP contribution in [0.5, 0.6) is 0 Å². The molecule has 0 bridgehead atoms. The summed E-state index contributed by atoms with van der Waals surface area (Å²) < 4.78 is 0. The maximum Gasteiger partial charge on any atom is 0.0650 e. The molecule has 5 heteroatoms. The molecule has 0 radical (unpaired) electrons. The van der Waals surface area contributed by atoms with Crippen LogP contribution in [0, 0.1) is 0 Å². The van der Waals surface area contributed by atoms with E-state index in [2.05, 4.69) is 21.6 Å². The van der Waals surface area contributed by atoms with Crippen molar-refractivity contribution >= 4 is 28.9 Å². The monoisotopic (exact) mass is 317 g/mol. The van der Waals surface area contributed by atoms with Gasteiger partial charge in [-0.25, -0.2) is 0 Å². The van der Waals surface area contributed by atoms with Crippen LogP contribution in [0.3, 0.4) is 0 Å². The Kier molecular flexibility index (Phi) is 4.13. The molecule has 0 fully saturated rings. The first-order valence-corrected chi connectivity index (χ1v) is 7.26. The average molecular weight is 318 g/mol. The lowest BCUT2D eigenvalue weighted by molar-refractivity contribution is 1.09. The van der Waals surface area contributed by atoms with Gasteiger partial charge >= 0.3 is 0 Å². The van der Waals surface area contributed by atoms with Gasteiger partial charge < -0.3 is 5.32 Å². The molecule has 106 valence electrons. The number of nitrogens with one attached hydrogen (secondary N) is 2. The van der Waals surface area contributed by atoms with Gasteiger partial charge in [-0.3, -0.25) is 5.10 Å². The van der Waals surface area contributed by atoms with Crippen LogP contribution in [0.15, 0.2) is 54.7 Å². The highest BCUT2D eigenvalue weighted by Crippen LogP contribution is 2.26. The van der Waals surface area contributed by atoms with Gasteiger partial charge in [0.2, 0.25) is 0 Å². The highest BCUT2D eigenvalue weighted by Gasteiger charge is 2.05. The van der Waals surface area contributed by atoms with E-state index in [0.717, 1.165) is 22.5 Å². The molecule has 0 unspecified atom stereocenters. The first kappa shape index (κ1) is 14.0. The Morgan fingerprint density at radius 1 is 1.05 bits per heavy atom.